The van der Waals surface area contributed by atoms with Crippen molar-refractivity contribution in [1.29, 1.82) is 0 Å². The van der Waals surface area contributed by atoms with Crippen molar-refractivity contribution in [2.45, 2.75) is 57.2 Å². The average Bonchev–Trinajstić information content (AvgIpc) is 2.62. The summed E-state index contributed by atoms with van der Waals surface area (Å²) in [6.07, 6.45) is 7.19. The highest BCUT2D eigenvalue weighted by Crippen LogP contribution is 2.38. The van der Waals surface area contributed by atoms with E-state index in [1.165, 1.54) is 18.5 Å². The van der Waals surface area contributed by atoms with Crippen LogP contribution in [0.1, 0.15) is 38.3 Å². The van der Waals surface area contributed by atoms with Crippen LogP contribution in [0.25, 0.3) is 0 Å². The third-order valence-corrected chi connectivity index (χ3v) is 4.18. The number of pyridine rings is 1. The fourth-order valence-corrected chi connectivity index (χ4v) is 3.35. The van der Waals surface area contributed by atoms with Gasteiger partial charge in [0.1, 0.15) is 0 Å². The van der Waals surface area contributed by atoms with E-state index >= 15 is 0 Å². The number of piperidine rings is 1. The van der Waals surface area contributed by atoms with Gasteiger partial charge in [-0.3, -0.25) is 4.98 Å². The Morgan fingerprint density at radius 2 is 2.00 bits per heavy atom. The lowest BCUT2D eigenvalue weighted by Crippen LogP contribution is -2.44. The van der Waals surface area contributed by atoms with Gasteiger partial charge in [-0.15, -0.1) is 0 Å². The van der Waals surface area contributed by atoms with Crippen LogP contribution in [0.15, 0.2) is 18.3 Å². The molecule has 3 nitrogen and oxygen atoms in total. The topological polar surface area (TPSA) is 36.4 Å². The summed E-state index contributed by atoms with van der Waals surface area (Å²) in [5.41, 5.74) is 2.39. The van der Waals surface area contributed by atoms with Crippen LogP contribution in [0.2, 0.25) is 0 Å². The first kappa shape index (κ1) is 11.0. The largest absolute Gasteiger partial charge is 0.393 e. The molecule has 0 radical (unpaired) electrons. The quantitative estimate of drug-likeness (QED) is 0.848. The second kappa shape index (κ2) is 4.30. The maximum Gasteiger partial charge on any atom is 0.0579 e. The third-order valence-electron chi connectivity index (χ3n) is 4.18. The zero-order chi connectivity index (χ0) is 11.8. The highest BCUT2D eigenvalue weighted by Gasteiger charge is 2.40. The molecule has 0 spiro atoms. The number of aryl methyl sites for hydroxylation is 1. The number of hydrogen-bond acceptors (Lipinski definition) is 3. The Hall–Kier alpha value is -1.09. The van der Waals surface area contributed by atoms with Crippen LogP contribution in [0.4, 0.5) is 5.69 Å². The van der Waals surface area contributed by atoms with E-state index in [4.69, 9.17) is 0 Å². The molecule has 1 aromatic heterocycles. The van der Waals surface area contributed by atoms with Gasteiger partial charge in [-0.2, -0.15) is 0 Å². The van der Waals surface area contributed by atoms with E-state index in [1.54, 1.807) is 0 Å². The molecule has 2 fully saturated rings. The van der Waals surface area contributed by atoms with Crippen LogP contribution in [-0.2, 0) is 6.42 Å². The van der Waals surface area contributed by atoms with Crippen LogP contribution in [0.3, 0.4) is 0 Å². The number of aromatic nitrogens is 1. The second-order valence-corrected chi connectivity index (χ2v) is 5.28. The lowest BCUT2D eigenvalue weighted by Gasteiger charge is -2.38. The van der Waals surface area contributed by atoms with E-state index in [0.29, 0.717) is 12.1 Å². The lowest BCUT2D eigenvalue weighted by atomic mass is 9.99. The smallest absolute Gasteiger partial charge is 0.0579 e. The van der Waals surface area contributed by atoms with Gasteiger partial charge in [-0.1, -0.05) is 6.92 Å². The Kier molecular flexibility index (Phi) is 2.79. The number of hydrogen-bond donors (Lipinski definition) is 1. The van der Waals surface area contributed by atoms with Gasteiger partial charge in [0, 0.05) is 17.8 Å². The zero-order valence-corrected chi connectivity index (χ0v) is 10.3. The van der Waals surface area contributed by atoms with Gasteiger partial charge in [0.05, 0.1) is 18.0 Å². The Morgan fingerprint density at radius 3 is 2.53 bits per heavy atom. The molecule has 0 aromatic carbocycles. The molecule has 0 unspecified atom stereocenters. The summed E-state index contributed by atoms with van der Waals surface area (Å²) in [6.45, 7) is 2.13. The van der Waals surface area contributed by atoms with Gasteiger partial charge >= 0.3 is 0 Å². The zero-order valence-electron chi connectivity index (χ0n) is 10.3. The van der Waals surface area contributed by atoms with Crippen molar-refractivity contribution in [2.24, 2.45) is 0 Å². The summed E-state index contributed by atoms with van der Waals surface area (Å²) in [5.74, 6) is 0. The maximum absolute atomic E-state index is 9.79. The summed E-state index contributed by atoms with van der Waals surface area (Å²) in [5, 5.41) is 9.79. The normalized spacial score (nSPS) is 31.9. The number of rotatable bonds is 2. The summed E-state index contributed by atoms with van der Waals surface area (Å²) in [4.78, 5) is 6.97. The highest BCUT2D eigenvalue weighted by atomic mass is 16.3. The van der Waals surface area contributed by atoms with E-state index in [0.717, 1.165) is 25.0 Å². The number of fused-ring (bicyclic) bond motifs is 2. The molecule has 0 amide bonds. The first-order valence-corrected chi connectivity index (χ1v) is 6.69. The van der Waals surface area contributed by atoms with E-state index in [-0.39, 0.29) is 6.10 Å². The van der Waals surface area contributed by atoms with Crippen molar-refractivity contribution in [2.75, 3.05) is 4.90 Å². The predicted octanol–water partition coefficient (Wildman–Crippen LogP) is 2.14. The molecule has 2 saturated heterocycles. The Morgan fingerprint density at radius 1 is 1.29 bits per heavy atom. The van der Waals surface area contributed by atoms with Crippen LogP contribution in [0.5, 0.6) is 0 Å². The van der Waals surface area contributed by atoms with Crippen molar-refractivity contribution in [3.63, 3.8) is 0 Å². The lowest BCUT2D eigenvalue weighted by molar-refractivity contribution is 0.126. The molecular formula is C14H20N2O. The number of nitrogens with zero attached hydrogens (tertiary/aromatic N) is 2. The van der Waals surface area contributed by atoms with Gasteiger partial charge in [0.2, 0.25) is 0 Å². The average molecular weight is 232 g/mol. The van der Waals surface area contributed by atoms with Crippen molar-refractivity contribution >= 4 is 5.69 Å². The minimum absolute atomic E-state index is 0.0911. The van der Waals surface area contributed by atoms with E-state index in [9.17, 15) is 5.11 Å². The summed E-state index contributed by atoms with van der Waals surface area (Å²) >= 11 is 0. The minimum Gasteiger partial charge on any atom is -0.393 e. The number of anilines is 1. The molecule has 3 heteroatoms. The maximum atomic E-state index is 9.79. The van der Waals surface area contributed by atoms with E-state index < -0.39 is 0 Å². The molecule has 17 heavy (non-hydrogen) atoms. The summed E-state index contributed by atoms with van der Waals surface area (Å²) in [6, 6.07) is 5.37. The molecule has 3 atom stereocenters. The van der Waals surface area contributed by atoms with E-state index in [1.807, 2.05) is 6.20 Å². The van der Waals surface area contributed by atoms with Gasteiger partial charge in [-0.05, 0) is 44.2 Å². The second-order valence-electron chi connectivity index (χ2n) is 5.28. The van der Waals surface area contributed by atoms with Crippen LogP contribution in [-0.4, -0.2) is 28.3 Å². The molecule has 2 aliphatic rings. The van der Waals surface area contributed by atoms with Crippen LogP contribution >= 0.6 is 0 Å². The van der Waals surface area contributed by atoms with Gasteiger partial charge in [0.15, 0.2) is 0 Å². The Balaban J connectivity index is 1.84. The Bertz CT molecular complexity index is 376. The molecule has 92 valence electrons. The molecule has 1 aromatic rings. The highest BCUT2D eigenvalue weighted by molar-refractivity contribution is 5.49. The van der Waals surface area contributed by atoms with E-state index in [2.05, 4.69) is 28.9 Å². The monoisotopic (exact) mass is 232 g/mol. The van der Waals surface area contributed by atoms with Crippen LogP contribution < -0.4 is 4.90 Å². The predicted molar refractivity (Wildman–Crippen MR) is 68.1 cm³/mol. The first-order chi connectivity index (χ1) is 8.28. The number of aliphatic hydroxyl groups excluding tert-OH is 1. The van der Waals surface area contributed by atoms with Crippen molar-refractivity contribution < 1.29 is 5.11 Å². The molecule has 2 bridgehead atoms. The molecular weight excluding hydrogens is 212 g/mol. The first-order valence-electron chi connectivity index (χ1n) is 6.69. The molecule has 3 rings (SSSR count). The molecule has 1 N–H and O–H groups in total. The van der Waals surface area contributed by atoms with Gasteiger partial charge < -0.3 is 10.0 Å². The van der Waals surface area contributed by atoms with Crippen molar-refractivity contribution in [3.05, 3.63) is 24.0 Å². The van der Waals surface area contributed by atoms with Crippen LogP contribution in [0, 0.1) is 0 Å². The molecule has 0 saturated carbocycles. The fourth-order valence-electron chi connectivity index (χ4n) is 3.35. The minimum atomic E-state index is -0.0911. The van der Waals surface area contributed by atoms with Gasteiger partial charge in [-0.25, -0.2) is 0 Å². The SMILES string of the molecule is CCc1ccc(N2[C@@H]3CC[C@H]2C[C@@H](O)C3)cn1. The fraction of sp³-hybridized carbons (Fsp3) is 0.643. The van der Waals surface area contributed by atoms with Crippen molar-refractivity contribution in [3.8, 4) is 0 Å². The Labute approximate surface area is 102 Å². The number of aliphatic hydroxyl groups is 1. The molecule has 0 aliphatic carbocycles. The molecule has 3 heterocycles. The molecule has 2 aliphatic heterocycles. The van der Waals surface area contributed by atoms with Crippen molar-refractivity contribution in [1.82, 2.24) is 4.98 Å². The van der Waals surface area contributed by atoms with Gasteiger partial charge in [0.25, 0.3) is 0 Å². The summed E-state index contributed by atoms with van der Waals surface area (Å²) < 4.78 is 0. The third kappa shape index (κ3) is 1.93. The summed E-state index contributed by atoms with van der Waals surface area (Å²) in [7, 11) is 0. The standard InChI is InChI=1S/C14H20N2O/c1-2-10-3-4-13(9-15-10)16-11-5-6-12(16)8-14(17)7-11/h3-4,9,11-12,14,17H,2,5-8H2,1H3/t11-,12+,14+.